The van der Waals surface area contributed by atoms with Crippen LogP contribution in [-0.4, -0.2) is 33.2 Å². The second-order valence-corrected chi connectivity index (χ2v) is 4.43. The minimum absolute atomic E-state index is 0.130. The standard InChI is InChI=1S/C14H19ClN2O3/c1-4-5-17-13(18)9-20-14-11(15)6-10(8-16-2)7-12(14)19-3/h4,6-7,16H,1,5,8-9H2,2-3H3,(H,17,18). The van der Waals surface area contributed by atoms with Crippen LogP contribution in [0, 0.1) is 0 Å². The average molecular weight is 299 g/mol. The monoisotopic (exact) mass is 298 g/mol. The molecule has 0 atom stereocenters. The summed E-state index contributed by atoms with van der Waals surface area (Å²) < 4.78 is 10.7. The lowest BCUT2D eigenvalue weighted by molar-refractivity contribution is -0.122. The summed E-state index contributed by atoms with van der Waals surface area (Å²) in [6.45, 7) is 4.45. The van der Waals surface area contributed by atoms with Crippen molar-refractivity contribution in [2.45, 2.75) is 6.54 Å². The molecule has 0 unspecified atom stereocenters. The van der Waals surface area contributed by atoms with Crippen LogP contribution in [-0.2, 0) is 11.3 Å². The summed E-state index contributed by atoms with van der Waals surface area (Å²) >= 11 is 6.16. The number of rotatable bonds is 8. The van der Waals surface area contributed by atoms with Gasteiger partial charge >= 0.3 is 0 Å². The van der Waals surface area contributed by atoms with Crippen LogP contribution < -0.4 is 20.1 Å². The molecule has 0 radical (unpaired) electrons. The lowest BCUT2D eigenvalue weighted by atomic mass is 10.2. The van der Waals surface area contributed by atoms with Crippen LogP contribution in [0.15, 0.2) is 24.8 Å². The molecule has 0 fully saturated rings. The maximum atomic E-state index is 11.5. The average Bonchev–Trinajstić information content (AvgIpc) is 2.43. The van der Waals surface area contributed by atoms with Crippen LogP contribution >= 0.6 is 11.6 Å². The van der Waals surface area contributed by atoms with E-state index in [9.17, 15) is 4.79 Å². The van der Waals surface area contributed by atoms with Crippen molar-refractivity contribution in [2.24, 2.45) is 0 Å². The van der Waals surface area contributed by atoms with Crippen LogP contribution in [0.2, 0.25) is 5.02 Å². The zero-order valence-corrected chi connectivity index (χ0v) is 12.4. The Labute approximate surface area is 123 Å². The smallest absolute Gasteiger partial charge is 0.258 e. The van der Waals surface area contributed by atoms with E-state index in [1.807, 2.05) is 13.1 Å². The van der Waals surface area contributed by atoms with Crippen molar-refractivity contribution in [3.8, 4) is 11.5 Å². The van der Waals surface area contributed by atoms with Crippen molar-refractivity contribution in [3.05, 3.63) is 35.4 Å². The largest absolute Gasteiger partial charge is 0.493 e. The molecular weight excluding hydrogens is 280 g/mol. The number of carbonyl (C=O) groups excluding carboxylic acids is 1. The third-order valence-corrected chi connectivity index (χ3v) is 2.74. The number of carbonyl (C=O) groups is 1. The van der Waals surface area contributed by atoms with E-state index < -0.39 is 0 Å². The molecule has 110 valence electrons. The molecule has 0 heterocycles. The Bertz CT molecular complexity index is 478. The van der Waals surface area contributed by atoms with Crippen LogP contribution in [0.3, 0.4) is 0 Å². The Morgan fingerprint density at radius 1 is 1.50 bits per heavy atom. The number of hydrogen-bond acceptors (Lipinski definition) is 4. The van der Waals surface area contributed by atoms with Gasteiger partial charge in [-0.3, -0.25) is 4.79 Å². The fourth-order valence-corrected chi connectivity index (χ4v) is 1.88. The molecule has 0 bridgehead atoms. The van der Waals surface area contributed by atoms with Gasteiger partial charge in [-0.2, -0.15) is 0 Å². The highest BCUT2D eigenvalue weighted by molar-refractivity contribution is 6.32. The summed E-state index contributed by atoms with van der Waals surface area (Å²) in [6, 6.07) is 3.59. The Morgan fingerprint density at radius 2 is 2.25 bits per heavy atom. The normalized spacial score (nSPS) is 9.95. The number of benzene rings is 1. The fourth-order valence-electron chi connectivity index (χ4n) is 1.59. The topological polar surface area (TPSA) is 59.6 Å². The molecule has 0 saturated heterocycles. The molecule has 0 spiro atoms. The first-order valence-electron chi connectivity index (χ1n) is 6.13. The molecule has 0 aliphatic carbocycles. The van der Waals surface area contributed by atoms with Gasteiger partial charge in [0.25, 0.3) is 5.91 Å². The number of ether oxygens (including phenoxy) is 2. The van der Waals surface area contributed by atoms with Crippen LogP contribution in [0.5, 0.6) is 11.5 Å². The minimum atomic E-state index is -0.248. The Morgan fingerprint density at radius 3 is 2.85 bits per heavy atom. The molecular formula is C14H19ClN2O3. The van der Waals surface area contributed by atoms with E-state index in [2.05, 4.69) is 17.2 Å². The number of halogens is 1. The molecule has 2 N–H and O–H groups in total. The Hall–Kier alpha value is -1.72. The lowest BCUT2D eigenvalue weighted by Crippen LogP contribution is -2.28. The molecule has 0 saturated carbocycles. The third kappa shape index (κ3) is 4.75. The third-order valence-electron chi connectivity index (χ3n) is 2.46. The summed E-state index contributed by atoms with van der Waals surface area (Å²) in [5, 5.41) is 6.05. The molecule has 1 amide bonds. The van der Waals surface area contributed by atoms with Crippen LogP contribution in [0.1, 0.15) is 5.56 Å². The Balaban J connectivity index is 2.78. The van der Waals surface area contributed by atoms with Gasteiger partial charge in [-0.25, -0.2) is 0 Å². The zero-order chi connectivity index (χ0) is 15.0. The summed E-state index contributed by atoms with van der Waals surface area (Å²) in [6.07, 6.45) is 1.60. The van der Waals surface area contributed by atoms with Gasteiger partial charge in [0.1, 0.15) is 0 Å². The zero-order valence-electron chi connectivity index (χ0n) is 11.7. The summed E-state index contributed by atoms with van der Waals surface area (Å²) in [5.74, 6) is 0.615. The van der Waals surface area contributed by atoms with E-state index in [4.69, 9.17) is 21.1 Å². The van der Waals surface area contributed by atoms with E-state index in [0.29, 0.717) is 29.6 Å². The minimum Gasteiger partial charge on any atom is -0.493 e. The molecule has 20 heavy (non-hydrogen) atoms. The van der Waals surface area contributed by atoms with Crippen LogP contribution in [0.4, 0.5) is 0 Å². The van der Waals surface area contributed by atoms with Gasteiger partial charge in [-0.15, -0.1) is 6.58 Å². The number of hydrogen-bond donors (Lipinski definition) is 2. The predicted octanol–water partition coefficient (Wildman–Crippen LogP) is 1.75. The van der Waals surface area contributed by atoms with Gasteiger partial charge in [0, 0.05) is 13.1 Å². The van der Waals surface area contributed by atoms with Crippen LogP contribution in [0.25, 0.3) is 0 Å². The molecule has 1 aromatic carbocycles. The van der Waals surface area contributed by atoms with Crippen molar-refractivity contribution in [3.63, 3.8) is 0 Å². The highest BCUT2D eigenvalue weighted by Crippen LogP contribution is 2.36. The molecule has 0 aromatic heterocycles. The van der Waals surface area contributed by atoms with Gasteiger partial charge in [0.2, 0.25) is 0 Å². The molecule has 1 rings (SSSR count). The Kier molecular flexibility index (Phi) is 6.90. The summed E-state index contributed by atoms with van der Waals surface area (Å²) in [4.78, 5) is 11.5. The predicted molar refractivity (Wildman–Crippen MR) is 79.5 cm³/mol. The van der Waals surface area contributed by atoms with Crippen molar-refractivity contribution in [1.82, 2.24) is 10.6 Å². The second kappa shape index (κ2) is 8.45. The maximum absolute atomic E-state index is 11.5. The molecule has 1 aromatic rings. The van der Waals surface area contributed by atoms with Crippen molar-refractivity contribution >= 4 is 17.5 Å². The maximum Gasteiger partial charge on any atom is 0.258 e. The van der Waals surface area contributed by atoms with E-state index in [-0.39, 0.29) is 12.5 Å². The summed E-state index contributed by atoms with van der Waals surface area (Å²) in [5.41, 5.74) is 0.970. The van der Waals surface area contributed by atoms with E-state index in [1.54, 1.807) is 12.1 Å². The number of amides is 1. The lowest BCUT2D eigenvalue weighted by Gasteiger charge is -2.14. The van der Waals surface area contributed by atoms with Gasteiger partial charge in [0.15, 0.2) is 18.1 Å². The SMILES string of the molecule is C=CCNC(=O)COc1c(Cl)cc(CNC)cc1OC. The quantitative estimate of drug-likeness (QED) is 0.718. The fraction of sp³-hybridized carbons (Fsp3) is 0.357. The first-order chi connectivity index (χ1) is 9.62. The first-order valence-corrected chi connectivity index (χ1v) is 6.51. The first kappa shape index (κ1) is 16.3. The highest BCUT2D eigenvalue weighted by atomic mass is 35.5. The molecule has 0 aliphatic heterocycles. The van der Waals surface area contributed by atoms with Crippen molar-refractivity contribution < 1.29 is 14.3 Å². The van der Waals surface area contributed by atoms with E-state index >= 15 is 0 Å². The second-order valence-electron chi connectivity index (χ2n) is 4.02. The molecule has 0 aliphatic rings. The van der Waals surface area contributed by atoms with Gasteiger partial charge < -0.3 is 20.1 Å². The molecule has 6 heteroatoms. The van der Waals surface area contributed by atoms with Gasteiger partial charge in [0.05, 0.1) is 12.1 Å². The highest BCUT2D eigenvalue weighted by Gasteiger charge is 2.13. The summed E-state index contributed by atoms with van der Waals surface area (Å²) in [7, 11) is 3.37. The van der Waals surface area contributed by atoms with E-state index in [1.165, 1.54) is 7.11 Å². The number of methoxy groups -OCH3 is 1. The molecule has 5 nitrogen and oxygen atoms in total. The number of nitrogens with one attached hydrogen (secondary N) is 2. The van der Waals surface area contributed by atoms with Crippen molar-refractivity contribution in [2.75, 3.05) is 27.3 Å². The van der Waals surface area contributed by atoms with E-state index in [0.717, 1.165) is 5.56 Å². The van der Waals surface area contributed by atoms with Crippen molar-refractivity contribution in [1.29, 1.82) is 0 Å². The van der Waals surface area contributed by atoms with Gasteiger partial charge in [-0.05, 0) is 24.7 Å². The van der Waals surface area contributed by atoms with Gasteiger partial charge in [-0.1, -0.05) is 17.7 Å².